The molecule has 9 heteroatoms. The van der Waals surface area contributed by atoms with Gasteiger partial charge in [-0.2, -0.15) is 5.26 Å². The number of rotatable bonds is 7. The van der Waals surface area contributed by atoms with E-state index in [1.165, 1.54) is 44.6 Å². The molecule has 1 atom stereocenters. The van der Waals surface area contributed by atoms with Crippen molar-refractivity contribution in [1.29, 1.82) is 5.26 Å². The average Bonchev–Trinajstić information content (AvgIpc) is 3.15. The van der Waals surface area contributed by atoms with Crippen molar-refractivity contribution in [2.45, 2.75) is 17.7 Å². The molecule has 0 fully saturated rings. The van der Waals surface area contributed by atoms with Crippen LogP contribution in [0, 0.1) is 11.3 Å². The number of carbonyl (C=O) groups is 1. The van der Waals surface area contributed by atoms with Crippen LogP contribution in [-0.2, 0) is 14.8 Å². The summed E-state index contributed by atoms with van der Waals surface area (Å²) >= 11 is 0. The molecule has 0 spiro atoms. The number of hydrogen-bond acceptors (Lipinski definition) is 7. The number of para-hydroxylation sites is 1. The molecule has 174 valence electrons. The third-order valence-electron chi connectivity index (χ3n) is 5.55. The molecule has 3 aromatic rings. The lowest BCUT2D eigenvalue weighted by Crippen LogP contribution is -2.35. The summed E-state index contributed by atoms with van der Waals surface area (Å²) < 4.78 is 44.6. The molecule has 0 bridgehead atoms. The highest BCUT2D eigenvalue weighted by atomic mass is 32.2. The van der Waals surface area contributed by atoms with E-state index in [9.17, 15) is 18.5 Å². The molecule has 1 unspecified atom stereocenters. The third-order valence-corrected chi connectivity index (χ3v) is 7.30. The molecule has 8 nitrogen and oxygen atoms in total. The molecule has 0 saturated carbocycles. The Hall–Kier alpha value is -4.03. The molecule has 1 aliphatic heterocycles. The van der Waals surface area contributed by atoms with E-state index in [1.807, 2.05) is 6.92 Å². The molecule has 0 aliphatic carbocycles. The Morgan fingerprint density at radius 2 is 1.74 bits per heavy atom. The van der Waals surface area contributed by atoms with Crippen LogP contribution in [0.15, 0.2) is 65.6 Å². The number of sulfonamides is 1. The Morgan fingerprint density at radius 1 is 0.971 bits per heavy atom. The zero-order chi connectivity index (χ0) is 24.5. The summed E-state index contributed by atoms with van der Waals surface area (Å²) in [6, 6.07) is 17.8. The number of anilines is 1. The second kappa shape index (κ2) is 9.08. The van der Waals surface area contributed by atoms with Crippen LogP contribution in [0.2, 0.25) is 0 Å². The van der Waals surface area contributed by atoms with Crippen molar-refractivity contribution in [3.05, 3.63) is 77.4 Å². The lowest BCUT2D eigenvalue weighted by Gasteiger charge is -2.20. The molecule has 0 radical (unpaired) electrons. The van der Waals surface area contributed by atoms with Crippen molar-refractivity contribution >= 4 is 21.6 Å². The van der Waals surface area contributed by atoms with Gasteiger partial charge in [-0.15, -0.1) is 0 Å². The predicted octanol–water partition coefficient (Wildman–Crippen LogP) is 3.84. The van der Waals surface area contributed by atoms with Crippen LogP contribution in [-0.4, -0.2) is 35.2 Å². The van der Waals surface area contributed by atoms with Gasteiger partial charge >= 0.3 is 0 Å². The highest BCUT2D eigenvalue weighted by Gasteiger charge is 2.46. The van der Waals surface area contributed by atoms with Gasteiger partial charge in [-0.05, 0) is 48.9 Å². The first-order valence-corrected chi connectivity index (χ1v) is 11.9. The number of carbonyl (C=O) groups excluding carboxylic acids is 1. The van der Waals surface area contributed by atoms with E-state index in [1.54, 1.807) is 30.3 Å². The van der Waals surface area contributed by atoms with Crippen molar-refractivity contribution in [2.75, 3.05) is 25.1 Å². The zero-order valence-electron chi connectivity index (χ0n) is 18.8. The summed E-state index contributed by atoms with van der Waals surface area (Å²) in [5, 5.41) is 9.43. The minimum atomic E-state index is -4.38. The van der Waals surface area contributed by atoms with Gasteiger partial charge in [-0.1, -0.05) is 18.2 Å². The first-order chi connectivity index (χ1) is 16.4. The maximum atomic E-state index is 13.8. The summed E-state index contributed by atoms with van der Waals surface area (Å²) in [7, 11) is -1.58. The van der Waals surface area contributed by atoms with Crippen LogP contribution in [0.5, 0.6) is 17.2 Å². The van der Waals surface area contributed by atoms with Crippen LogP contribution in [0.1, 0.15) is 29.5 Å². The Kier molecular flexibility index (Phi) is 6.18. The number of ether oxygens (including phenoxy) is 3. The molecular formula is C25H22N2O6S. The number of fused-ring (bicyclic) bond motifs is 1. The highest BCUT2D eigenvalue weighted by Crippen LogP contribution is 2.47. The third kappa shape index (κ3) is 3.72. The van der Waals surface area contributed by atoms with E-state index in [2.05, 4.69) is 6.07 Å². The lowest BCUT2D eigenvalue weighted by atomic mass is 9.91. The van der Waals surface area contributed by atoms with Crippen molar-refractivity contribution < 1.29 is 27.4 Å². The van der Waals surface area contributed by atoms with Crippen molar-refractivity contribution in [3.63, 3.8) is 0 Å². The Bertz CT molecular complexity index is 1410. The molecule has 34 heavy (non-hydrogen) atoms. The Labute approximate surface area is 198 Å². The number of nitriles is 1. The van der Waals surface area contributed by atoms with Crippen LogP contribution < -0.4 is 18.5 Å². The van der Waals surface area contributed by atoms with Crippen LogP contribution in [0.3, 0.4) is 0 Å². The number of benzene rings is 3. The molecule has 0 aromatic heterocycles. The summed E-state index contributed by atoms with van der Waals surface area (Å²) in [5.41, 5.74) is 1.42. The fourth-order valence-corrected chi connectivity index (χ4v) is 5.65. The minimum Gasteiger partial charge on any atom is -0.497 e. The van der Waals surface area contributed by atoms with Gasteiger partial charge < -0.3 is 14.2 Å². The van der Waals surface area contributed by atoms with Gasteiger partial charge in [0.2, 0.25) is 0 Å². The van der Waals surface area contributed by atoms with Crippen molar-refractivity contribution in [2.24, 2.45) is 0 Å². The number of amides is 1. The van der Waals surface area contributed by atoms with E-state index < -0.39 is 21.8 Å². The molecule has 3 aromatic carbocycles. The Balaban J connectivity index is 1.93. The molecule has 1 aliphatic rings. The van der Waals surface area contributed by atoms with E-state index in [0.717, 1.165) is 4.31 Å². The normalized spacial score (nSPS) is 14.9. The van der Waals surface area contributed by atoms with Crippen LogP contribution >= 0.6 is 0 Å². The number of methoxy groups -OCH3 is 2. The minimum absolute atomic E-state index is 0.0421. The van der Waals surface area contributed by atoms with Crippen LogP contribution in [0.4, 0.5) is 5.69 Å². The van der Waals surface area contributed by atoms with Crippen LogP contribution in [0.25, 0.3) is 0 Å². The lowest BCUT2D eigenvalue weighted by molar-refractivity contribution is -0.117. The van der Waals surface area contributed by atoms with Crippen molar-refractivity contribution in [1.82, 2.24) is 0 Å². The van der Waals surface area contributed by atoms with E-state index >= 15 is 0 Å². The second-order valence-electron chi connectivity index (χ2n) is 7.41. The van der Waals surface area contributed by atoms with Crippen molar-refractivity contribution in [3.8, 4) is 23.3 Å². The van der Waals surface area contributed by atoms with E-state index in [-0.39, 0.29) is 16.3 Å². The SMILES string of the molecule is CCOc1ccccc1C1C(=O)N(S(=O)(=O)c2ccc(OC)cc2OC)c2ccc(C#N)cc21. The fraction of sp³-hybridized carbons (Fsp3) is 0.200. The second-order valence-corrected chi connectivity index (χ2v) is 9.17. The zero-order valence-corrected chi connectivity index (χ0v) is 19.6. The summed E-state index contributed by atoms with van der Waals surface area (Å²) in [4.78, 5) is 13.6. The van der Waals surface area contributed by atoms with Gasteiger partial charge in [0.05, 0.1) is 44.1 Å². The predicted molar refractivity (Wildman–Crippen MR) is 125 cm³/mol. The van der Waals surface area contributed by atoms with Gasteiger partial charge in [0.15, 0.2) is 0 Å². The quantitative estimate of drug-likeness (QED) is 0.508. The van der Waals surface area contributed by atoms with E-state index in [0.29, 0.717) is 34.8 Å². The average molecular weight is 479 g/mol. The smallest absolute Gasteiger partial charge is 0.274 e. The summed E-state index contributed by atoms with van der Waals surface area (Å²) in [5.74, 6) is -0.718. The monoisotopic (exact) mass is 478 g/mol. The number of hydrogen-bond donors (Lipinski definition) is 0. The van der Waals surface area contributed by atoms with Gasteiger partial charge in [0.1, 0.15) is 22.1 Å². The molecule has 0 saturated heterocycles. The molecule has 1 amide bonds. The topological polar surface area (TPSA) is 106 Å². The molecule has 1 heterocycles. The maximum Gasteiger partial charge on any atom is 0.274 e. The maximum absolute atomic E-state index is 13.8. The summed E-state index contributed by atoms with van der Waals surface area (Å²) in [6.45, 7) is 2.19. The van der Waals surface area contributed by atoms with Gasteiger partial charge in [0, 0.05) is 11.6 Å². The van der Waals surface area contributed by atoms with Gasteiger partial charge in [-0.25, -0.2) is 12.7 Å². The molecular weight excluding hydrogens is 456 g/mol. The Morgan fingerprint density at radius 3 is 2.41 bits per heavy atom. The standard InChI is InChI=1S/C25H22N2O6S/c1-4-33-21-8-6-5-7-18(21)24-19-13-16(15-26)9-11-20(19)27(25(24)28)34(29,30)23-12-10-17(31-2)14-22(23)32-3/h5-14,24H,4H2,1-3H3. The fourth-order valence-electron chi connectivity index (χ4n) is 4.05. The highest BCUT2D eigenvalue weighted by molar-refractivity contribution is 7.93. The van der Waals surface area contributed by atoms with Gasteiger partial charge in [-0.3, -0.25) is 4.79 Å². The molecule has 4 rings (SSSR count). The largest absolute Gasteiger partial charge is 0.497 e. The van der Waals surface area contributed by atoms with E-state index in [4.69, 9.17) is 14.2 Å². The first-order valence-electron chi connectivity index (χ1n) is 10.4. The molecule has 0 N–H and O–H groups in total. The van der Waals surface area contributed by atoms with Gasteiger partial charge in [0.25, 0.3) is 15.9 Å². The number of nitrogens with zero attached hydrogens (tertiary/aromatic N) is 2. The summed E-state index contributed by atoms with van der Waals surface area (Å²) in [6.07, 6.45) is 0. The first kappa shape index (κ1) is 23.1.